The van der Waals surface area contributed by atoms with Gasteiger partial charge in [-0.15, -0.1) is 11.3 Å². The van der Waals surface area contributed by atoms with Gasteiger partial charge in [0, 0.05) is 22.0 Å². The van der Waals surface area contributed by atoms with Crippen LogP contribution >= 0.6 is 27.3 Å². The van der Waals surface area contributed by atoms with E-state index < -0.39 is 17.8 Å². The predicted molar refractivity (Wildman–Crippen MR) is 75.0 cm³/mol. The molecule has 1 aromatic heterocycles. The van der Waals surface area contributed by atoms with Crippen molar-refractivity contribution in [2.45, 2.75) is 12.6 Å². The van der Waals surface area contributed by atoms with Crippen LogP contribution in [0.25, 0.3) is 0 Å². The number of nitrogens with zero attached hydrogens (tertiary/aromatic N) is 1. The smallest absolute Gasteiger partial charge is 0.239 e. The second-order valence-corrected chi connectivity index (χ2v) is 5.50. The monoisotopic (exact) mass is 343 g/mol. The Kier molecular flexibility index (Phi) is 4.62. The minimum absolute atomic E-state index is 0.228. The molecule has 0 aliphatic heterocycles. The van der Waals surface area contributed by atoms with Crippen molar-refractivity contribution in [2.75, 3.05) is 0 Å². The SMILES string of the molecule is NC(=O)[C@@H](NCc1cscn1)c1ccc(Br)cc1F. The van der Waals surface area contributed by atoms with E-state index >= 15 is 0 Å². The number of hydrogen-bond donors (Lipinski definition) is 2. The van der Waals surface area contributed by atoms with E-state index in [0.717, 1.165) is 5.69 Å². The summed E-state index contributed by atoms with van der Waals surface area (Å²) in [5, 5.41) is 4.76. The van der Waals surface area contributed by atoms with Gasteiger partial charge in [-0.2, -0.15) is 0 Å². The molecule has 1 aromatic carbocycles. The van der Waals surface area contributed by atoms with Gasteiger partial charge in [0.25, 0.3) is 0 Å². The van der Waals surface area contributed by atoms with E-state index in [-0.39, 0.29) is 5.56 Å². The van der Waals surface area contributed by atoms with Crippen LogP contribution in [0.1, 0.15) is 17.3 Å². The molecule has 1 atom stereocenters. The molecule has 1 amide bonds. The fraction of sp³-hybridized carbons (Fsp3) is 0.167. The van der Waals surface area contributed by atoms with Crippen molar-refractivity contribution in [1.82, 2.24) is 10.3 Å². The number of aromatic nitrogens is 1. The highest BCUT2D eigenvalue weighted by atomic mass is 79.9. The van der Waals surface area contributed by atoms with Crippen LogP contribution in [0.15, 0.2) is 33.6 Å². The summed E-state index contributed by atoms with van der Waals surface area (Å²) < 4.78 is 14.4. The van der Waals surface area contributed by atoms with Crippen molar-refractivity contribution < 1.29 is 9.18 Å². The first-order valence-corrected chi connectivity index (χ1v) is 7.16. The Morgan fingerprint density at radius 1 is 1.58 bits per heavy atom. The van der Waals surface area contributed by atoms with Crippen LogP contribution < -0.4 is 11.1 Å². The van der Waals surface area contributed by atoms with Gasteiger partial charge in [-0.25, -0.2) is 9.37 Å². The molecule has 7 heteroatoms. The van der Waals surface area contributed by atoms with Gasteiger partial charge in [0.1, 0.15) is 11.9 Å². The zero-order valence-electron chi connectivity index (χ0n) is 9.77. The first-order chi connectivity index (χ1) is 9.08. The lowest BCUT2D eigenvalue weighted by Crippen LogP contribution is -2.34. The molecule has 2 rings (SSSR count). The molecule has 2 aromatic rings. The molecule has 100 valence electrons. The maximum Gasteiger partial charge on any atom is 0.239 e. The van der Waals surface area contributed by atoms with Crippen LogP contribution in [-0.4, -0.2) is 10.9 Å². The number of halogens is 2. The van der Waals surface area contributed by atoms with Crippen molar-refractivity contribution >= 4 is 33.2 Å². The first-order valence-electron chi connectivity index (χ1n) is 5.42. The molecular weight excluding hydrogens is 333 g/mol. The second kappa shape index (κ2) is 6.23. The van der Waals surface area contributed by atoms with Crippen molar-refractivity contribution in [3.05, 3.63) is 50.6 Å². The summed E-state index contributed by atoms with van der Waals surface area (Å²) in [6.45, 7) is 0.354. The Hall–Kier alpha value is -1.31. The van der Waals surface area contributed by atoms with Gasteiger partial charge in [-0.05, 0) is 12.1 Å². The fourth-order valence-corrected chi connectivity index (χ4v) is 2.52. The molecule has 0 saturated heterocycles. The topological polar surface area (TPSA) is 68.0 Å². The summed E-state index contributed by atoms with van der Waals surface area (Å²) in [4.78, 5) is 15.5. The number of benzene rings is 1. The van der Waals surface area contributed by atoms with Gasteiger partial charge in [0.05, 0.1) is 11.2 Å². The molecule has 0 aliphatic rings. The summed E-state index contributed by atoms with van der Waals surface area (Å²) in [6.07, 6.45) is 0. The number of amides is 1. The zero-order chi connectivity index (χ0) is 13.8. The maximum absolute atomic E-state index is 13.8. The Bertz CT molecular complexity index is 576. The normalized spacial score (nSPS) is 12.3. The number of nitrogens with two attached hydrogens (primary N) is 1. The summed E-state index contributed by atoms with van der Waals surface area (Å²) in [5.41, 5.74) is 8.02. The summed E-state index contributed by atoms with van der Waals surface area (Å²) >= 11 is 4.62. The van der Waals surface area contributed by atoms with Gasteiger partial charge in [0.2, 0.25) is 5.91 Å². The van der Waals surface area contributed by atoms with Crippen LogP contribution in [0.5, 0.6) is 0 Å². The number of hydrogen-bond acceptors (Lipinski definition) is 4. The fourth-order valence-electron chi connectivity index (χ4n) is 1.63. The Morgan fingerprint density at radius 2 is 2.37 bits per heavy atom. The number of carbonyl (C=O) groups is 1. The number of nitrogens with one attached hydrogen (secondary N) is 1. The second-order valence-electron chi connectivity index (χ2n) is 3.86. The van der Waals surface area contributed by atoms with E-state index in [1.54, 1.807) is 11.6 Å². The zero-order valence-corrected chi connectivity index (χ0v) is 12.2. The molecule has 0 fully saturated rings. The van der Waals surface area contributed by atoms with Crippen LogP contribution in [-0.2, 0) is 11.3 Å². The minimum Gasteiger partial charge on any atom is -0.368 e. The number of thiazole rings is 1. The highest BCUT2D eigenvalue weighted by molar-refractivity contribution is 9.10. The van der Waals surface area contributed by atoms with Gasteiger partial charge in [0.15, 0.2) is 0 Å². The van der Waals surface area contributed by atoms with Crippen LogP contribution in [0.3, 0.4) is 0 Å². The average molecular weight is 344 g/mol. The third kappa shape index (κ3) is 3.59. The third-order valence-corrected chi connectivity index (χ3v) is 3.66. The standard InChI is InChI=1S/C12H11BrFN3OS/c13-7-1-2-9(10(14)3-7)11(12(15)18)16-4-8-5-19-6-17-8/h1-3,5-6,11,16H,4H2,(H2,15,18)/t11-/m0/s1. The average Bonchev–Trinajstić information content (AvgIpc) is 2.84. The molecule has 19 heavy (non-hydrogen) atoms. The molecule has 3 N–H and O–H groups in total. The summed E-state index contributed by atoms with van der Waals surface area (Å²) in [6, 6.07) is 3.62. The van der Waals surface area contributed by atoms with E-state index in [9.17, 15) is 9.18 Å². The Morgan fingerprint density at radius 3 is 2.95 bits per heavy atom. The summed E-state index contributed by atoms with van der Waals surface area (Å²) in [5.74, 6) is -1.11. The molecule has 1 heterocycles. The van der Waals surface area contributed by atoms with Crippen molar-refractivity contribution in [2.24, 2.45) is 5.73 Å². The van der Waals surface area contributed by atoms with Crippen LogP contribution in [0.4, 0.5) is 4.39 Å². The number of carbonyl (C=O) groups excluding carboxylic acids is 1. The van der Waals surface area contributed by atoms with Gasteiger partial charge >= 0.3 is 0 Å². The van der Waals surface area contributed by atoms with Crippen LogP contribution in [0.2, 0.25) is 0 Å². The number of primary amides is 1. The molecule has 0 aliphatic carbocycles. The highest BCUT2D eigenvalue weighted by Gasteiger charge is 2.21. The van der Waals surface area contributed by atoms with Crippen molar-refractivity contribution in [1.29, 1.82) is 0 Å². The molecule has 0 spiro atoms. The lowest BCUT2D eigenvalue weighted by molar-refractivity contribution is -0.120. The van der Waals surface area contributed by atoms with E-state index in [1.165, 1.54) is 23.5 Å². The van der Waals surface area contributed by atoms with Crippen molar-refractivity contribution in [3.63, 3.8) is 0 Å². The lowest BCUT2D eigenvalue weighted by Gasteiger charge is -2.16. The van der Waals surface area contributed by atoms with E-state index in [1.807, 2.05) is 5.38 Å². The van der Waals surface area contributed by atoms with E-state index in [0.29, 0.717) is 11.0 Å². The Balaban J connectivity index is 2.17. The summed E-state index contributed by atoms with van der Waals surface area (Å²) in [7, 11) is 0. The Labute approximate surface area is 122 Å². The lowest BCUT2D eigenvalue weighted by atomic mass is 10.1. The van der Waals surface area contributed by atoms with E-state index in [2.05, 4.69) is 26.2 Å². The molecule has 0 unspecified atom stereocenters. The van der Waals surface area contributed by atoms with Gasteiger partial charge < -0.3 is 5.73 Å². The van der Waals surface area contributed by atoms with Crippen LogP contribution in [0, 0.1) is 5.82 Å². The van der Waals surface area contributed by atoms with Crippen molar-refractivity contribution in [3.8, 4) is 0 Å². The first kappa shape index (κ1) is 14.1. The molecule has 4 nitrogen and oxygen atoms in total. The minimum atomic E-state index is -0.880. The predicted octanol–water partition coefficient (Wildman–Crippen LogP) is 2.36. The molecule has 0 radical (unpaired) electrons. The van der Waals surface area contributed by atoms with Gasteiger partial charge in [-0.1, -0.05) is 22.0 Å². The largest absolute Gasteiger partial charge is 0.368 e. The van der Waals surface area contributed by atoms with E-state index in [4.69, 9.17) is 5.73 Å². The third-order valence-electron chi connectivity index (χ3n) is 2.53. The molecule has 0 bridgehead atoms. The molecule has 0 saturated carbocycles. The number of rotatable bonds is 5. The van der Waals surface area contributed by atoms with Gasteiger partial charge in [-0.3, -0.25) is 10.1 Å². The molecular formula is C12H11BrFN3OS. The maximum atomic E-state index is 13.8. The highest BCUT2D eigenvalue weighted by Crippen LogP contribution is 2.21. The quantitative estimate of drug-likeness (QED) is 0.875.